The molecule has 1 amide bonds. The van der Waals surface area contributed by atoms with Crippen LogP contribution in [0.15, 0.2) is 36.4 Å². The van der Waals surface area contributed by atoms with Crippen LogP contribution >= 0.6 is 0 Å². The SMILES string of the molecule is COc1ccc(CN2CC(=O)N(c3ccc(B4OC(C)(C)C(C)(C)O4)cc3F)C2)c(OC)c1. The van der Waals surface area contributed by atoms with Crippen LogP contribution in [0.2, 0.25) is 0 Å². The van der Waals surface area contributed by atoms with Gasteiger partial charge in [0.15, 0.2) is 0 Å². The smallest absolute Gasteiger partial charge is 0.494 e. The molecule has 176 valence electrons. The van der Waals surface area contributed by atoms with Crippen LogP contribution < -0.4 is 19.8 Å². The van der Waals surface area contributed by atoms with E-state index in [4.69, 9.17) is 18.8 Å². The number of anilines is 1. The molecule has 2 heterocycles. The van der Waals surface area contributed by atoms with E-state index >= 15 is 4.39 Å². The topological polar surface area (TPSA) is 60.5 Å². The van der Waals surface area contributed by atoms with Gasteiger partial charge in [-0.25, -0.2) is 4.39 Å². The summed E-state index contributed by atoms with van der Waals surface area (Å²) in [6.07, 6.45) is 0. The number of benzene rings is 2. The lowest BCUT2D eigenvalue weighted by molar-refractivity contribution is -0.116. The van der Waals surface area contributed by atoms with Crippen LogP contribution in [0.1, 0.15) is 33.3 Å². The van der Waals surface area contributed by atoms with Crippen LogP contribution in [-0.2, 0) is 20.6 Å². The molecule has 2 saturated heterocycles. The fourth-order valence-corrected chi connectivity index (χ4v) is 4.01. The molecule has 0 aliphatic carbocycles. The highest BCUT2D eigenvalue weighted by Gasteiger charge is 2.51. The fourth-order valence-electron chi connectivity index (χ4n) is 4.01. The molecule has 9 heteroatoms. The molecule has 0 atom stereocenters. The minimum atomic E-state index is -0.660. The van der Waals surface area contributed by atoms with Gasteiger partial charge in [-0.05, 0) is 51.4 Å². The van der Waals surface area contributed by atoms with Crippen molar-refractivity contribution in [1.29, 1.82) is 0 Å². The number of carbonyl (C=O) groups excluding carboxylic acids is 1. The van der Waals surface area contributed by atoms with E-state index in [0.717, 1.165) is 5.56 Å². The third-order valence-corrected chi connectivity index (χ3v) is 6.68. The van der Waals surface area contributed by atoms with E-state index in [1.54, 1.807) is 32.4 Å². The average Bonchev–Trinajstić information content (AvgIpc) is 3.22. The van der Waals surface area contributed by atoms with Crippen LogP contribution in [0.25, 0.3) is 0 Å². The molecule has 0 N–H and O–H groups in total. The molecular formula is C24H30BFN2O5. The Kier molecular flexibility index (Phi) is 6.15. The Balaban J connectivity index is 1.49. The number of amides is 1. The summed E-state index contributed by atoms with van der Waals surface area (Å²) in [4.78, 5) is 16.1. The maximum Gasteiger partial charge on any atom is 0.494 e. The van der Waals surface area contributed by atoms with Gasteiger partial charge in [0.2, 0.25) is 5.91 Å². The minimum absolute atomic E-state index is 0.162. The Morgan fingerprint density at radius 1 is 1.03 bits per heavy atom. The first-order valence-corrected chi connectivity index (χ1v) is 10.9. The van der Waals surface area contributed by atoms with Gasteiger partial charge >= 0.3 is 7.12 Å². The van der Waals surface area contributed by atoms with E-state index in [1.807, 2.05) is 44.7 Å². The molecule has 2 aromatic carbocycles. The summed E-state index contributed by atoms with van der Waals surface area (Å²) in [6.45, 7) is 8.76. The number of methoxy groups -OCH3 is 2. The predicted octanol–water partition coefficient (Wildman–Crippen LogP) is 2.95. The van der Waals surface area contributed by atoms with Crippen LogP contribution in [0.3, 0.4) is 0 Å². The van der Waals surface area contributed by atoms with Gasteiger partial charge in [-0.2, -0.15) is 0 Å². The number of carbonyl (C=O) groups is 1. The third-order valence-electron chi connectivity index (χ3n) is 6.68. The highest BCUT2D eigenvalue weighted by atomic mass is 19.1. The molecule has 0 unspecified atom stereocenters. The zero-order valence-corrected chi connectivity index (χ0v) is 20.0. The van der Waals surface area contributed by atoms with Crippen molar-refractivity contribution >= 4 is 24.2 Å². The Labute approximate surface area is 194 Å². The maximum absolute atomic E-state index is 15.1. The molecular weight excluding hydrogens is 426 g/mol. The molecule has 0 bridgehead atoms. The van der Waals surface area contributed by atoms with Crippen molar-refractivity contribution in [2.75, 3.05) is 32.3 Å². The summed E-state index contributed by atoms with van der Waals surface area (Å²) >= 11 is 0. The van der Waals surface area contributed by atoms with Crippen molar-refractivity contribution in [3.63, 3.8) is 0 Å². The quantitative estimate of drug-likeness (QED) is 0.624. The van der Waals surface area contributed by atoms with Gasteiger partial charge < -0.3 is 18.8 Å². The van der Waals surface area contributed by atoms with E-state index in [1.165, 1.54) is 11.0 Å². The van der Waals surface area contributed by atoms with Crippen LogP contribution in [0.5, 0.6) is 11.5 Å². The van der Waals surface area contributed by atoms with Gasteiger partial charge in [-0.3, -0.25) is 14.6 Å². The highest BCUT2D eigenvalue weighted by molar-refractivity contribution is 6.62. The lowest BCUT2D eigenvalue weighted by Gasteiger charge is -2.32. The van der Waals surface area contributed by atoms with E-state index < -0.39 is 24.1 Å². The number of ether oxygens (including phenoxy) is 2. The normalized spacial score (nSPS) is 19.9. The van der Waals surface area contributed by atoms with Crippen molar-refractivity contribution in [3.05, 3.63) is 47.8 Å². The van der Waals surface area contributed by atoms with Gasteiger partial charge in [0, 0.05) is 18.2 Å². The van der Waals surface area contributed by atoms with Gasteiger partial charge in [0.05, 0.1) is 44.3 Å². The monoisotopic (exact) mass is 456 g/mol. The number of rotatable bonds is 6. The average molecular weight is 456 g/mol. The minimum Gasteiger partial charge on any atom is -0.497 e. The summed E-state index contributed by atoms with van der Waals surface area (Å²) in [5, 5.41) is 0. The standard InChI is InChI=1S/C24H30BFN2O5/c1-23(2)24(3,4)33-25(32-23)17-8-10-20(19(26)11-17)28-15-27(14-22(28)29)13-16-7-9-18(30-5)12-21(16)31-6/h7-12H,13-15H2,1-6H3. The first-order chi connectivity index (χ1) is 15.5. The Bertz CT molecular complexity index is 1050. The Morgan fingerprint density at radius 2 is 1.73 bits per heavy atom. The molecule has 2 aromatic rings. The number of halogens is 1. The number of hydrogen-bond acceptors (Lipinski definition) is 6. The second kappa shape index (κ2) is 8.63. The van der Waals surface area contributed by atoms with Crippen molar-refractivity contribution in [1.82, 2.24) is 4.90 Å². The molecule has 0 spiro atoms. The van der Waals surface area contributed by atoms with Crippen molar-refractivity contribution < 1.29 is 28.0 Å². The molecule has 33 heavy (non-hydrogen) atoms. The number of hydrogen-bond donors (Lipinski definition) is 0. The van der Waals surface area contributed by atoms with Crippen LogP contribution in [-0.4, -0.2) is 56.6 Å². The lowest BCUT2D eigenvalue weighted by Crippen LogP contribution is -2.41. The predicted molar refractivity (Wildman–Crippen MR) is 124 cm³/mol. The molecule has 2 aliphatic heterocycles. The van der Waals surface area contributed by atoms with Gasteiger partial charge in [0.1, 0.15) is 17.3 Å². The maximum atomic E-state index is 15.1. The Hall–Kier alpha value is -2.62. The van der Waals surface area contributed by atoms with Gasteiger partial charge in [-0.15, -0.1) is 0 Å². The van der Waals surface area contributed by atoms with Gasteiger partial charge in [0.25, 0.3) is 0 Å². The van der Waals surface area contributed by atoms with Crippen molar-refractivity contribution in [3.8, 4) is 11.5 Å². The molecule has 0 radical (unpaired) electrons. The zero-order valence-electron chi connectivity index (χ0n) is 20.0. The van der Waals surface area contributed by atoms with E-state index in [0.29, 0.717) is 23.5 Å². The second-order valence-electron chi connectivity index (χ2n) is 9.43. The summed E-state index contributed by atoms with van der Waals surface area (Å²) in [5.41, 5.74) is 0.719. The molecule has 0 saturated carbocycles. The van der Waals surface area contributed by atoms with Gasteiger partial charge in [-0.1, -0.05) is 12.1 Å². The number of nitrogens with zero attached hydrogens (tertiary/aromatic N) is 2. The first kappa shape index (κ1) is 23.5. The van der Waals surface area contributed by atoms with Crippen molar-refractivity contribution in [2.24, 2.45) is 0 Å². The summed E-state index contributed by atoms with van der Waals surface area (Å²) in [6, 6.07) is 10.3. The van der Waals surface area contributed by atoms with E-state index in [-0.39, 0.29) is 24.8 Å². The molecule has 2 fully saturated rings. The molecule has 7 nitrogen and oxygen atoms in total. The molecule has 0 aromatic heterocycles. The van der Waals surface area contributed by atoms with Crippen molar-refractivity contribution in [2.45, 2.75) is 45.4 Å². The summed E-state index contributed by atoms with van der Waals surface area (Å²) in [5.74, 6) is 0.723. The third kappa shape index (κ3) is 4.45. The van der Waals surface area contributed by atoms with E-state index in [2.05, 4.69) is 0 Å². The fraction of sp³-hybridized carbons (Fsp3) is 0.458. The summed E-state index contributed by atoms with van der Waals surface area (Å²) < 4.78 is 37.8. The highest BCUT2D eigenvalue weighted by Crippen LogP contribution is 2.37. The summed E-state index contributed by atoms with van der Waals surface area (Å²) in [7, 11) is 2.53. The van der Waals surface area contributed by atoms with E-state index in [9.17, 15) is 4.79 Å². The second-order valence-corrected chi connectivity index (χ2v) is 9.43. The first-order valence-electron chi connectivity index (χ1n) is 10.9. The Morgan fingerprint density at radius 3 is 2.33 bits per heavy atom. The van der Waals surface area contributed by atoms with Crippen LogP contribution in [0.4, 0.5) is 10.1 Å². The lowest BCUT2D eigenvalue weighted by atomic mass is 9.79. The zero-order chi connectivity index (χ0) is 24.0. The largest absolute Gasteiger partial charge is 0.497 e. The van der Waals surface area contributed by atoms with Crippen LogP contribution in [0, 0.1) is 5.82 Å². The molecule has 4 rings (SSSR count). The molecule has 2 aliphatic rings.